The third kappa shape index (κ3) is 4.31. The number of carbonyl (C=O) groups excluding carboxylic acids is 1. The summed E-state index contributed by atoms with van der Waals surface area (Å²) in [6.45, 7) is 2.51. The summed E-state index contributed by atoms with van der Waals surface area (Å²) in [6.07, 6.45) is 5.48. The molecule has 1 aromatic rings. The van der Waals surface area contributed by atoms with E-state index >= 15 is 0 Å². The lowest BCUT2D eigenvalue weighted by atomic mass is 9.65. The number of fused-ring (bicyclic) bond motifs is 2. The molecule has 4 nitrogen and oxygen atoms in total. The van der Waals surface area contributed by atoms with E-state index in [9.17, 15) is 4.79 Å². The van der Waals surface area contributed by atoms with Crippen LogP contribution in [0.5, 0.6) is 5.75 Å². The minimum Gasteiger partial charge on any atom is -0.489 e. The molecule has 2 fully saturated rings. The van der Waals surface area contributed by atoms with Gasteiger partial charge in [-0.3, -0.25) is 4.79 Å². The monoisotopic (exact) mass is 394 g/mol. The molecule has 1 aromatic carbocycles. The zero-order chi connectivity index (χ0) is 17.1. The van der Waals surface area contributed by atoms with Gasteiger partial charge in [0.2, 0.25) is 5.91 Å². The molecule has 0 radical (unpaired) electrons. The van der Waals surface area contributed by atoms with Gasteiger partial charge in [-0.15, -0.1) is 0 Å². The summed E-state index contributed by atoms with van der Waals surface area (Å²) >= 11 is 3.43. The largest absolute Gasteiger partial charge is 0.489 e. The van der Waals surface area contributed by atoms with E-state index in [1.807, 2.05) is 31.2 Å². The van der Waals surface area contributed by atoms with Gasteiger partial charge in [-0.05, 0) is 62.6 Å². The first kappa shape index (κ1) is 17.7. The standard InChI is InChI=1S/C19H27BrN2O2/c1-12(24-17-7-3-6-16(20)10-17)11-22-19(23)15-8-13-4-2-5-14(9-15)18(13)21/h3,6-7,10,12-15,18H,2,4-5,8-9,11,21H2,1H3,(H,22,23). The maximum atomic E-state index is 12.5. The van der Waals surface area contributed by atoms with Crippen LogP contribution in [-0.4, -0.2) is 24.6 Å². The maximum absolute atomic E-state index is 12.5. The van der Waals surface area contributed by atoms with Crippen LogP contribution in [0.2, 0.25) is 0 Å². The Bertz CT molecular complexity index is 566. The van der Waals surface area contributed by atoms with Gasteiger partial charge in [0.05, 0.1) is 6.54 Å². The SMILES string of the molecule is CC(CNC(=O)C1CC2CCCC(C1)C2N)Oc1cccc(Br)c1. The fourth-order valence-electron chi connectivity index (χ4n) is 4.21. The van der Waals surface area contributed by atoms with Crippen molar-refractivity contribution >= 4 is 21.8 Å². The Hall–Kier alpha value is -1.07. The lowest BCUT2D eigenvalue weighted by Crippen LogP contribution is -2.49. The van der Waals surface area contributed by atoms with E-state index in [1.165, 1.54) is 19.3 Å². The van der Waals surface area contributed by atoms with Crippen molar-refractivity contribution in [3.63, 3.8) is 0 Å². The van der Waals surface area contributed by atoms with Crippen LogP contribution in [0.3, 0.4) is 0 Å². The molecule has 3 unspecified atom stereocenters. The van der Waals surface area contributed by atoms with Crippen molar-refractivity contribution in [1.82, 2.24) is 5.32 Å². The summed E-state index contributed by atoms with van der Waals surface area (Å²) in [7, 11) is 0. The quantitative estimate of drug-likeness (QED) is 0.802. The fourth-order valence-corrected chi connectivity index (χ4v) is 4.58. The summed E-state index contributed by atoms with van der Waals surface area (Å²) in [6, 6.07) is 8.06. The molecule has 2 aliphatic carbocycles. The molecule has 2 saturated carbocycles. The molecule has 0 spiro atoms. The number of amides is 1. The molecule has 3 rings (SSSR count). The first-order chi connectivity index (χ1) is 11.5. The summed E-state index contributed by atoms with van der Waals surface area (Å²) < 4.78 is 6.85. The van der Waals surface area contributed by atoms with Crippen molar-refractivity contribution in [1.29, 1.82) is 0 Å². The van der Waals surface area contributed by atoms with Gasteiger partial charge in [-0.1, -0.05) is 28.4 Å². The van der Waals surface area contributed by atoms with E-state index in [0.29, 0.717) is 24.4 Å². The number of halogens is 1. The van der Waals surface area contributed by atoms with Crippen LogP contribution in [0.1, 0.15) is 39.0 Å². The molecular formula is C19H27BrN2O2. The van der Waals surface area contributed by atoms with Crippen molar-refractivity contribution in [2.45, 2.75) is 51.2 Å². The Labute approximate surface area is 152 Å². The van der Waals surface area contributed by atoms with Crippen LogP contribution in [0.25, 0.3) is 0 Å². The molecule has 3 N–H and O–H groups in total. The molecule has 0 aliphatic heterocycles. The van der Waals surface area contributed by atoms with E-state index in [0.717, 1.165) is 23.1 Å². The van der Waals surface area contributed by atoms with Crippen molar-refractivity contribution < 1.29 is 9.53 Å². The second-order valence-corrected chi connectivity index (χ2v) is 8.24. The highest BCUT2D eigenvalue weighted by atomic mass is 79.9. The van der Waals surface area contributed by atoms with Gasteiger partial charge in [0.1, 0.15) is 11.9 Å². The Morgan fingerprint density at radius 1 is 1.38 bits per heavy atom. The first-order valence-electron chi connectivity index (χ1n) is 8.98. The van der Waals surface area contributed by atoms with Gasteiger partial charge in [0.25, 0.3) is 0 Å². The van der Waals surface area contributed by atoms with Crippen molar-refractivity contribution in [3.05, 3.63) is 28.7 Å². The molecule has 0 saturated heterocycles. The Balaban J connectivity index is 1.47. The molecule has 0 aromatic heterocycles. The van der Waals surface area contributed by atoms with Gasteiger partial charge in [-0.2, -0.15) is 0 Å². The van der Waals surface area contributed by atoms with E-state index in [4.69, 9.17) is 10.5 Å². The predicted molar refractivity (Wildman–Crippen MR) is 98.8 cm³/mol. The number of ether oxygens (including phenoxy) is 1. The number of nitrogens with two attached hydrogens (primary N) is 1. The normalized spacial score (nSPS) is 30.5. The second-order valence-electron chi connectivity index (χ2n) is 7.33. The Morgan fingerprint density at radius 3 is 2.75 bits per heavy atom. The summed E-state index contributed by atoms with van der Waals surface area (Å²) in [4.78, 5) is 12.5. The number of benzene rings is 1. The molecule has 2 aliphatic rings. The van der Waals surface area contributed by atoms with Crippen LogP contribution < -0.4 is 15.8 Å². The van der Waals surface area contributed by atoms with Crippen molar-refractivity contribution in [2.24, 2.45) is 23.5 Å². The zero-order valence-corrected chi connectivity index (χ0v) is 15.8. The zero-order valence-electron chi connectivity index (χ0n) is 14.2. The average molecular weight is 395 g/mol. The average Bonchev–Trinajstić information content (AvgIpc) is 2.52. The lowest BCUT2D eigenvalue weighted by Gasteiger charge is -2.43. The minimum absolute atomic E-state index is 0.0615. The summed E-state index contributed by atoms with van der Waals surface area (Å²) in [5.41, 5.74) is 6.31. The highest BCUT2D eigenvalue weighted by Crippen LogP contribution is 2.41. The smallest absolute Gasteiger partial charge is 0.223 e. The van der Waals surface area contributed by atoms with Crippen LogP contribution in [-0.2, 0) is 4.79 Å². The van der Waals surface area contributed by atoms with E-state index in [1.54, 1.807) is 0 Å². The van der Waals surface area contributed by atoms with E-state index in [-0.39, 0.29) is 17.9 Å². The third-order valence-corrected chi connectivity index (χ3v) is 5.97. The first-order valence-corrected chi connectivity index (χ1v) is 9.77. The van der Waals surface area contributed by atoms with Crippen LogP contribution in [0, 0.1) is 17.8 Å². The number of rotatable bonds is 5. The van der Waals surface area contributed by atoms with Gasteiger partial charge in [0, 0.05) is 16.4 Å². The Morgan fingerprint density at radius 2 is 2.08 bits per heavy atom. The van der Waals surface area contributed by atoms with Crippen LogP contribution in [0.4, 0.5) is 0 Å². The predicted octanol–water partition coefficient (Wildman–Crippen LogP) is 3.49. The molecule has 3 atom stereocenters. The van der Waals surface area contributed by atoms with Gasteiger partial charge in [-0.25, -0.2) is 0 Å². The number of hydrogen-bond acceptors (Lipinski definition) is 3. The minimum atomic E-state index is -0.0615. The van der Waals surface area contributed by atoms with Crippen LogP contribution >= 0.6 is 15.9 Å². The molecule has 0 heterocycles. The number of nitrogens with one attached hydrogen (secondary N) is 1. The molecule has 1 amide bonds. The van der Waals surface area contributed by atoms with Crippen molar-refractivity contribution in [3.8, 4) is 5.75 Å². The highest BCUT2D eigenvalue weighted by molar-refractivity contribution is 9.10. The van der Waals surface area contributed by atoms with Crippen molar-refractivity contribution in [2.75, 3.05) is 6.54 Å². The fraction of sp³-hybridized carbons (Fsp3) is 0.632. The number of carbonyl (C=O) groups is 1. The molecule has 2 bridgehead atoms. The number of hydrogen-bond donors (Lipinski definition) is 2. The third-order valence-electron chi connectivity index (χ3n) is 5.48. The topological polar surface area (TPSA) is 64.4 Å². The van der Waals surface area contributed by atoms with E-state index < -0.39 is 0 Å². The van der Waals surface area contributed by atoms with Gasteiger partial charge >= 0.3 is 0 Å². The highest BCUT2D eigenvalue weighted by Gasteiger charge is 2.40. The maximum Gasteiger partial charge on any atom is 0.223 e. The molecule has 5 heteroatoms. The summed E-state index contributed by atoms with van der Waals surface area (Å²) in [5.74, 6) is 2.16. The molecule has 24 heavy (non-hydrogen) atoms. The second kappa shape index (κ2) is 7.87. The van der Waals surface area contributed by atoms with E-state index in [2.05, 4.69) is 21.2 Å². The van der Waals surface area contributed by atoms with Gasteiger partial charge in [0.15, 0.2) is 0 Å². The van der Waals surface area contributed by atoms with Gasteiger partial charge < -0.3 is 15.8 Å². The summed E-state index contributed by atoms with van der Waals surface area (Å²) in [5, 5.41) is 3.07. The molecular weight excluding hydrogens is 368 g/mol. The Kier molecular flexibility index (Phi) is 5.82. The lowest BCUT2D eigenvalue weighted by molar-refractivity contribution is -0.128. The molecule has 132 valence electrons. The van der Waals surface area contributed by atoms with Crippen LogP contribution in [0.15, 0.2) is 28.7 Å².